The Morgan fingerprint density at radius 2 is 1.58 bits per heavy atom. The van der Waals surface area contributed by atoms with Gasteiger partial charge in [0, 0.05) is 12.4 Å². The number of benzene rings is 2. The number of nitrogens with zero attached hydrogens (tertiary/aromatic N) is 4. The van der Waals surface area contributed by atoms with Crippen LogP contribution in [0, 0.1) is 0 Å². The van der Waals surface area contributed by atoms with E-state index in [4.69, 9.17) is 0 Å². The number of aryl methyl sites for hydroxylation is 1. The third kappa shape index (κ3) is 2.44. The minimum absolute atomic E-state index is 0.0442. The number of hydrogen-bond donors (Lipinski definition) is 1. The summed E-state index contributed by atoms with van der Waals surface area (Å²) >= 11 is 0. The molecule has 0 atom stereocenters. The number of aromatic nitrogens is 4. The van der Waals surface area contributed by atoms with Gasteiger partial charge in [0.1, 0.15) is 6.33 Å². The molecule has 1 amide bonds. The van der Waals surface area contributed by atoms with Crippen molar-refractivity contribution in [2.24, 2.45) is 7.05 Å². The Labute approximate surface area is 146 Å². The molecule has 26 heavy (non-hydrogen) atoms. The fourth-order valence-corrected chi connectivity index (χ4v) is 2.78. The van der Waals surface area contributed by atoms with E-state index >= 15 is 0 Å². The SMILES string of the molecule is Cn1nc(C(=O)Nn2cnc3ccccc3c2=O)c2ccccc2c1=O. The summed E-state index contributed by atoms with van der Waals surface area (Å²) in [4.78, 5) is 41.5. The van der Waals surface area contributed by atoms with Crippen LogP contribution in [0.25, 0.3) is 21.7 Å². The van der Waals surface area contributed by atoms with Crippen molar-refractivity contribution in [2.45, 2.75) is 0 Å². The smallest absolute Gasteiger partial charge is 0.267 e. The van der Waals surface area contributed by atoms with Crippen molar-refractivity contribution >= 4 is 27.6 Å². The van der Waals surface area contributed by atoms with Crippen LogP contribution in [0.5, 0.6) is 0 Å². The van der Waals surface area contributed by atoms with Crippen LogP contribution < -0.4 is 16.5 Å². The molecular formula is C18H13N5O3. The van der Waals surface area contributed by atoms with Crippen LogP contribution in [0.3, 0.4) is 0 Å². The average Bonchev–Trinajstić information content (AvgIpc) is 2.67. The van der Waals surface area contributed by atoms with Gasteiger partial charge in [0.2, 0.25) is 0 Å². The molecule has 128 valence electrons. The van der Waals surface area contributed by atoms with Crippen LogP contribution in [0.4, 0.5) is 0 Å². The van der Waals surface area contributed by atoms with Crippen LogP contribution in [-0.2, 0) is 7.05 Å². The van der Waals surface area contributed by atoms with Crippen LogP contribution in [0.15, 0.2) is 64.4 Å². The molecule has 2 heterocycles. The lowest BCUT2D eigenvalue weighted by Crippen LogP contribution is -2.35. The fraction of sp³-hybridized carbons (Fsp3) is 0.0556. The molecule has 2 aromatic carbocycles. The van der Waals surface area contributed by atoms with E-state index in [0.717, 1.165) is 9.36 Å². The number of hydrogen-bond acceptors (Lipinski definition) is 5. The molecule has 4 rings (SSSR count). The van der Waals surface area contributed by atoms with E-state index in [1.54, 1.807) is 48.5 Å². The maximum atomic E-state index is 12.7. The van der Waals surface area contributed by atoms with E-state index in [-0.39, 0.29) is 11.3 Å². The molecule has 0 aliphatic heterocycles. The first kappa shape index (κ1) is 15.7. The van der Waals surface area contributed by atoms with E-state index in [0.29, 0.717) is 21.7 Å². The molecule has 0 saturated heterocycles. The molecule has 8 nitrogen and oxygen atoms in total. The summed E-state index contributed by atoms with van der Waals surface area (Å²) in [6.07, 6.45) is 1.24. The number of rotatable bonds is 2. The monoisotopic (exact) mass is 347 g/mol. The molecule has 1 N–H and O–H groups in total. The van der Waals surface area contributed by atoms with Crippen LogP contribution in [-0.4, -0.2) is 25.3 Å². The fourth-order valence-electron chi connectivity index (χ4n) is 2.78. The third-order valence-corrected chi connectivity index (χ3v) is 4.06. The van der Waals surface area contributed by atoms with Crippen molar-refractivity contribution in [1.82, 2.24) is 19.4 Å². The highest BCUT2D eigenvalue weighted by Crippen LogP contribution is 2.13. The van der Waals surface area contributed by atoms with Crippen molar-refractivity contribution in [3.63, 3.8) is 0 Å². The third-order valence-electron chi connectivity index (χ3n) is 4.06. The van der Waals surface area contributed by atoms with Gasteiger partial charge in [-0.15, -0.1) is 0 Å². The van der Waals surface area contributed by atoms with Gasteiger partial charge < -0.3 is 0 Å². The molecule has 8 heteroatoms. The number of nitrogens with one attached hydrogen (secondary N) is 1. The summed E-state index contributed by atoms with van der Waals surface area (Å²) in [5.74, 6) is -0.615. The Morgan fingerprint density at radius 3 is 2.35 bits per heavy atom. The summed E-state index contributed by atoms with van der Waals surface area (Å²) in [5.41, 5.74) is 2.35. The second kappa shape index (κ2) is 5.92. The first-order valence-corrected chi connectivity index (χ1v) is 7.80. The molecule has 0 fully saturated rings. The molecule has 0 aliphatic rings. The standard InChI is InChI=1S/C18H13N5O3/c1-22-17(25)12-7-3-2-6-11(12)15(20-22)16(24)21-23-10-19-14-9-5-4-8-13(14)18(23)26/h2-10H,1H3,(H,21,24). The van der Waals surface area contributed by atoms with Crippen molar-refractivity contribution in [3.8, 4) is 0 Å². The Morgan fingerprint density at radius 1 is 0.923 bits per heavy atom. The van der Waals surface area contributed by atoms with Gasteiger partial charge in [0.15, 0.2) is 5.69 Å². The zero-order valence-corrected chi connectivity index (χ0v) is 13.7. The molecule has 2 aromatic heterocycles. The van der Waals surface area contributed by atoms with E-state index in [1.165, 1.54) is 13.4 Å². The van der Waals surface area contributed by atoms with Crippen LogP contribution >= 0.6 is 0 Å². The minimum atomic E-state index is -0.615. The van der Waals surface area contributed by atoms with Crippen molar-refractivity contribution < 1.29 is 4.79 Å². The second-order valence-corrected chi connectivity index (χ2v) is 5.70. The zero-order chi connectivity index (χ0) is 18.3. The number of carbonyl (C=O) groups excluding carboxylic acids is 1. The highest BCUT2D eigenvalue weighted by atomic mass is 16.2. The van der Waals surface area contributed by atoms with Gasteiger partial charge in [0.25, 0.3) is 17.0 Å². The summed E-state index contributed by atoms with van der Waals surface area (Å²) in [6, 6.07) is 13.5. The topological polar surface area (TPSA) is 98.9 Å². The lowest BCUT2D eigenvalue weighted by Gasteiger charge is -2.10. The predicted molar refractivity (Wildman–Crippen MR) is 96.7 cm³/mol. The minimum Gasteiger partial charge on any atom is -0.267 e. The van der Waals surface area contributed by atoms with Gasteiger partial charge in [-0.25, -0.2) is 14.3 Å². The quantitative estimate of drug-likeness (QED) is 0.584. The molecule has 0 saturated carbocycles. The maximum Gasteiger partial charge on any atom is 0.291 e. The van der Waals surface area contributed by atoms with Gasteiger partial charge in [-0.1, -0.05) is 30.3 Å². The molecule has 0 spiro atoms. The largest absolute Gasteiger partial charge is 0.291 e. The van der Waals surface area contributed by atoms with Crippen molar-refractivity contribution in [2.75, 3.05) is 5.43 Å². The molecular weight excluding hydrogens is 334 g/mol. The van der Waals surface area contributed by atoms with Crippen molar-refractivity contribution in [1.29, 1.82) is 0 Å². The summed E-state index contributed by atoms with van der Waals surface area (Å²) < 4.78 is 2.10. The molecule has 0 aliphatic carbocycles. The number of fused-ring (bicyclic) bond motifs is 2. The lowest BCUT2D eigenvalue weighted by molar-refractivity contribution is 0.100. The molecule has 0 radical (unpaired) electrons. The Hall–Kier alpha value is -3.81. The van der Waals surface area contributed by atoms with E-state index in [1.807, 2.05) is 0 Å². The van der Waals surface area contributed by atoms with E-state index in [2.05, 4.69) is 15.5 Å². The zero-order valence-electron chi connectivity index (χ0n) is 13.7. The number of amides is 1. The Balaban J connectivity index is 1.82. The maximum absolute atomic E-state index is 12.7. The molecule has 0 unspecified atom stereocenters. The first-order chi connectivity index (χ1) is 12.6. The van der Waals surface area contributed by atoms with Gasteiger partial charge in [0.05, 0.1) is 16.3 Å². The number of carbonyl (C=O) groups is 1. The normalized spacial score (nSPS) is 11.0. The first-order valence-electron chi connectivity index (χ1n) is 7.80. The second-order valence-electron chi connectivity index (χ2n) is 5.70. The Kier molecular flexibility index (Phi) is 3.58. The number of para-hydroxylation sites is 1. The van der Waals surface area contributed by atoms with Crippen molar-refractivity contribution in [3.05, 3.63) is 81.3 Å². The van der Waals surface area contributed by atoms with Gasteiger partial charge >= 0.3 is 0 Å². The van der Waals surface area contributed by atoms with Crippen LogP contribution in [0.1, 0.15) is 10.5 Å². The van der Waals surface area contributed by atoms with E-state index < -0.39 is 11.5 Å². The average molecular weight is 347 g/mol. The molecule has 0 bridgehead atoms. The highest BCUT2D eigenvalue weighted by Gasteiger charge is 2.16. The summed E-state index contributed by atoms with van der Waals surface area (Å²) in [5, 5.41) is 5.21. The van der Waals surface area contributed by atoms with Gasteiger partial charge in [-0.2, -0.15) is 5.10 Å². The molecule has 4 aromatic rings. The van der Waals surface area contributed by atoms with Gasteiger partial charge in [-0.3, -0.25) is 19.8 Å². The summed E-state index contributed by atoms with van der Waals surface area (Å²) in [6.45, 7) is 0. The Bertz CT molecular complexity index is 1290. The van der Waals surface area contributed by atoms with Gasteiger partial charge in [-0.05, 0) is 18.2 Å². The highest BCUT2D eigenvalue weighted by molar-refractivity contribution is 6.08. The van der Waals surface area contributed by atoms with Crippen LogP contribution in [0.2, 0.25) is 0 Å². The van der Waals surface area contributed by atoms with E-state index in [9.17, 15) is 14.4 Å². The lowest BCUT2D eigenvalue weighted by atomic mass is 10.1. The summed E-state index contributed by atoms with van der Waals surface area (Å²) in [7, 11) is 1.47. The predicted octanol–water partition coefficient (Wildman–Crippen LogP) is 1.03.